The first-order valence-corrected chi connectivity index (χ1v) is 19.0. The zero-order chi connectivity index (χ0) is 48.4. The molecule has 0 aliphatic carbocycles. The van der Waals surface area contributed by atoms with Crippen molar-refractivity contribution in [3.05, 3.63) is 132 Å². The van der Waals surface area contributed by atoms with Gasteiger partial charge in [-0.05, 0) is 46.2 Å². The van der Waals surface area contributed by atoms with E-state index in [9.17, 15) is 38.4 Å². The molecule has 0 saturated carbocycles. The summed E-state index contributed by atoms with van der Waals surface area (Å²) in [6.45, 7) is 12.2. The van der Waals surface area contributed by atoms with E-state index in [0.717, 1.165) is 32.9 Å². The number of aromatic hydroxyl groups is 2. The number of hydrogen-bond acceptors (Lipinski definition) is 21. The molecular formula is C32H45N17O13S2. The number of aromatic nitrogens is 15. The number of aryl methyl sites for hydroxylation is 8. The van der Waals surface area contributed by atoms with E-state index in [1.807, 2.05) is 5.16 Å². The summed E-state index contributed by atoms with van der Waals surface area (Å²) in [5.74, 6) is 0.692. The normalized spacial score (nSPS) is 10.5. The standard InChI is InChI=1S/C4H6N2O2.3C4H6N2O.C4H5NO2.2C3H4N2O2.2C3H4N2OS/c1-6-2-3(7)5-4(6)8;1-6-3-2-4(7)5-6;1-3-5-2-4(7)6-3;1-3-4(7)2-5-6-3;1-3-2-7-4(6)5-3;1-2-4-5-3(6)7-2;1-2-4-3(6)5-7-2;1-2-4-5-3(6)7-2;1-2-4-3(6)5-7-2/h2H2,1H3,(H,5,7,8);2-3H,1H3,(H,5,7);2*2,7H,1H3,(H,5,6);2H,1H3,(H,5,6);4*1H3,(H,5,6). The third-order valence-corrected chi connectivity index (χ3v) is 7.35. The number of carbonyl (C=O) groups is 2. The molecule has 9 heterocycles. The van der Waals surface area contributed by atoms with E-state index >= 15 is 0 Å². The molecule has 0 aromatic carbocycles. The van der Waals surface area contributed by atoms with Crippen LogP contribution in [0.5, 0.6) is 11.6 Å². The molecule has 0 radical (unpaired) electrons. The minimum absolute atomic E-state index is 0.0532. The number of hydrogen-bond donors (Lipinski definition) is 11. The molecule has 30 nitrogen and oxygen atoms in total. The largest absolute Gasteiger partial charge is 0.504 e. The molecule has 348 valence electrons. The van der Waals surface area contributed by atoms with Gasteiger partial charge in [0.1, 0.15) is 28.6 Å². The van der Waals surface area contributed by atoms with Crippen LogP contribution in [0, 0.1) is 48.5 Å². The SMILES string of the molecule is CN1CC(=O)NC1=O.Cc1[nH]ncc1O.Cc1coc(=O)[nH]1.Cc1n[nH]c(=O)o1.Cc1n[nH]c(=O)s1.Cc1nc(=O)[nH]o1.Cc1nc(=O)[nH]s1.Cc1ncc(O)[nH]1.Cn1ccc(=O)[nH]1. The van der Waals surface area contributed by atoms with Crippen molar-refractivity contribution in [3.8, 4) is 11.6 Å². The first kappa shape index (κ1) is 53.6. The fourth-order valence-electron chi connectivity index (χ4n) is 3.30. The quantitative estimate of drug-likeness (QED) is 0.0864. The molecular weight excluding hydrogens is 895 g/mol. The van der Waals surface area contributed by atoms with Gasteiger partial charge in [0.05, 0.1) is 23.8 Å². The summed E-state index contributed by atoms with van der Waals surface area (Å²) < 4.78 is 17.2. The summed E-state index contributed by atoms with van der Waals surface area (Å²) >= 11 is 2.38. The molecule has 0 unspecified atom stereocenters. The average molecular weight is 940 g/mol. The number of amides is 3. The van der Waals surface area contributed by atoms with E-state index in [0.29, 0.717) is 17.5 Å². The average Bonchev–Trinajstić information content (AvgIpc) is 4.11. The van der Waals surface area contributed by atoms with Gasteiger partial charge in [0.25, 0.3) is 5.56 Å². The number of likely N-dealkylation sites (N-methyl/N-ethyl adjacent to an activating group) is 1. The molecule has 1 saturated heterocycles. The molecule has 0 bridgehead atoms. The topological polar surface area (TPSA) is 440 Å². The van der Waals surface area contributed by atoms with E-state index < -0.39 is 17.2 Å². The Hall–Kier alpha value is -8.42. The number of oxazole rings is 1. The van der Waals surface area contributed by atoms with Gasteiger partial charge < -0.3 is 33.5 Å². The Morgan fingerprint density at radius 1 is 0.781 bits per heavy atom. The molecule has 11 N–H and O–H groups in total. The number of H-pyrrole nitrogens is 8. The van der Waals surface area contributed by atoms with Crippen molar-refractivity contribution in [1.29, 1.82) is 0 Å². The van der Waals surface area contributed by atoms with Crippen LogP contribution in [0.25, 0.3) is 0 Å². The van der Waals surface area contributed by atoms with Crippen LogP contribution in [0.15, 0.2) is 73.0 Å². The Morgan fingerprint density at radius 2 is 1.48 bits per heavy atom. The molecule has 9 rings (SSSR count). The van der Waals surface area contributed by atoms with Crippen LogP contribution in [-0.4, -0.2) is 115 Å². The second kappa shape index (κ2) is 28.2. The smallest absolute Gasteiger partial charge is 0.434 e. The Kier molecular flexibility index (Phi) is 23.6. The Balaban J connectivity index is 0.000000360. The first-order chi connectivity index (χ1) is 30.0. The fourth-order valence-corrected chi connectivity index (χ4v) is 4.16. The summed E-state index contributed by atoms with van der Waals surface area (Å²) in [6.07, 6.45) is 5.79. The van der Waals surface area contributed by atoms with Gasteiger partial charge in [0.15, 0.2) is 5.75 Å². The van der Waals surface area contributed by atoms with Crippen LogP contribution >= 0.6 is 22.9 Å². The second-order valence-corrected chi connectivity index (χ2v) is 13.9. The molecule has 3 amide bonds. The molecule has 8 aromatic rings. The van der Waals surface area contributed by atoms with Crippen LogP contribution < -0.4 is 38.6 Å². The van der Waals surface area contributed by atoms with E-state index in [4.69, 9.17) is 10.2 Å². The number of imidazole rings is 1. The highest BCUT2D eigenvalue weighted by Crippen LogP contribution is 2.07. The lowest BCUT2D eigenvalue weighted by Gasteiger charge is -1.99. The van der Waals surface area contributed by atoms with Crippen molar-refractivity contribution < 1.29 is 33.2 Å². The predicted molar refractivity (Wildman–Crippen MR) is 225 cm³/mol. The zero-order valence-corrected chi connectivity index (χ0v) is 37.0. The highest BCUT2D eigenvalue weighted by Gasteiger charge is 2.21. The van der Waals surface area contributed by atoms with Crippen molar-refractivity contribution in [2.24, 2.45) is 7.05 Å². The summed E-state index contributed by atoms with van der Waals surface area (Å²) in [5.41, 5.74) is 0.729. The third kappa shape index (κ3) is 25.3. The van der Waals surface area contributed by atoms with Crippen LogP contribution in [-0.2, 0) is 11.8 Å². The van der Waals surface area contributed by atoms with Crippen molar-refractivity contribution in [3.63, 3.8) is 0 Å². The van der Waals surface area contributed by atoms with Crippen LogP contribution in [0.4, 0.5) is 4.79 Å². The van der Waals surface area contributed by atoms with Gasteiger partial charge in [-0.25, -0.2) is 39.2 Å². The monoisotopic (exact) mass is 939 g/mol. The number of aromatic amines is 8. The van der Waals surface area contributed by atoms with Crippen molar-refractivity contribution in [2.75, 3.05) is 13.6 Å². The number of nitrogens with one attached hydrogen (secondary N) is 9. The predicted octanol–water partition coefficient (Wildman–Crippen LogP) is -0.373. The summed E-state index contributed by atoms with van der Waals surface area (Å²) in [7, 11) is 3.33. The maximum Gasteiger partial charge on any atom is 0.434 e. The summed E-state index contributed by atoms with van der Waals surface area (Å²) in [5, 5.41) is 42.9. The number of urea groups is 1. The first-order valence-electron chi connectivity index (χ1n) is 17.4. The molecule has 1 aliphatic rings. The third-order valence-electron chi connectivity index (χ3n) is 6.02. The molecule has 64 heavy (non-hydrogen) atoms. The molecule has 32 heteroatoms. The highest BCUT2D eigenvalue weighted by atomic mass is 32.1. The van der Waals surface area contributed by atoms with Crippen LogP contribution in [0.2, 0.25) is 0 Å². The number of imide groups is 1. The molecule has 1 aliphatic heterocycles. The maximum absolute atomic E-state index is 10.4. The van der Waals surface area contributed by atoms with Gasteiger partial charge >= 0.3 is 33.8 Å². The van der Waals surface area contributed by atoms with Gasteiger partial charge in [0, 0.05) is 40.2 Å². The minimum Gasteiger partial charge on any atom is -0.504 e. The van der Waals surface area contributed by atoms with Gasteiger partial charge in [-0.3, -0.25) is 43.9 Å². The Bertz CT molecular complexity index is 2490. The zero-order valence-electron chi connectivity index (χ0n) is 35.4. The maximum atomic E-state index is 10.4. The Morgan fingerprint density at radius 3 is 1.62 bits per heavy atom. The fraction of sp³-hybridized carbons (Fsp3) is 0.312. The van der Waals surface area contributed by atoms with Gasteiger partial charge in [-0.2, -0.15) is 25.3 Å². The van der Waals surface area contributed by atoms with Crippen molar-refractivity contribution >= 4 is 34.8 Å². The second-order valence-electron chi connectivity index (χ2n) is 11.7. The van der Waals surface area contributed by atoms with Crippen LogP contribution in [0.3, 0.4) is 0 Å². The van der Waals surface area contributed by atoms with Gasteiger partial charge in [0.2, 0.25) is 23.6 Å². The van der Waals surface area contributed by atoms with Crippen molar-refractivity contribution in [1.82, 2.24) is 85.0 Å². The van der Waals surface area contributed by atoms with E-state index in [1.165, 1.54) is 41.2 Å². The lowest BCUT2D eigenvalue weighted by atomic mass is 10.5. The van der Waals surface area contributed by atoms with Crippen LogP contribution in [0.1, 0.15) is 39.0 Å². The molecule has 0 spiro atoms. The molecule has 1 fully saturated rings. The number of carbonyl (C=O) groups excluding carboxylic acids is 2. The van der Waals surface area contributed by atoms with E-state index in [1.54, 1.807) is 73.4 Å². The lowest BCUT2D eigenvalue weighted by Crippen LogP contribution is -2.24. The number of nitrogens with zero attached hydrogens (tertiary/aromatic N) is 8. The lowest BCUT2D eigenvalue weighted by molar-refractivity contribution is -0.118. The molecule has 0 atom stereocenters. The van der Waals surface area contributed by atoms with E-state index in [2.05, 4.69) is 83.7 Å². The Labute approximate surface area is 365 Å². The summed E-state index contributed by atoms with van der Waals surface area (Å²) in [6, 6.07) is 1.16. The van der Waals surface area contributed by atoms with E-state index in [-0.39, 0.29) is 46.2 Å². The van der Waals surface area contributed by atoms with Crippen molar-refractivity contribution in [2.45, 2.75) is 48.5 Å². The highest BCUT2D eigenvalue weighted by molar-refractivity contribution is 7.08. The minimum atomic E-state index is -0.502. The molecule has 8 aromatic heterocycles. The summed E-state index contributed by atoms with van der Waals surface area (Å²) in [4.78, 5) is 98.1. The number of rotatable bonds is 0. The van der Waals surface area contributed by atoms with Gasteiger partial charge in [-0.1, -0.05) is 11.3 Å². The van der Waals surface area contributed by atoms with Gasteiger partial charge in [-0.15, -0.1) is 5.10 Å².